The first-order valence-electron chi connectivity index (χ1n) is 9.00. The molecule has 136 valence electrons. The number of halogens is 1. The highest BCUT2D eigenvalue weighted by atomic mass is 127. The monoisotopic (exact) mass is 438 g/mol. The predicted octanol–water partition coefficient (Wildman–Crippen LogP) is 2.41. The molecule has 2 aliphatic rings. The van der Waals surface area contributed by atoms with Gasteiger partial charge in [0.15, 0.2) is 5.96 Å². The van der Waals surface area contributed by atoms with Crippen molar-refractivity contribution < 1.29 is 4.74 Å². The predicted molar refractivity (Wildman–Crippen MR) is 108 cm³/mol. The average Bonchev–Trinajstić information content (AvgIpc) is 2.83. The minimum Gasteiger partial charge on any atom is -0.384 e. The van der Waals surface area contributed by atoms with Crippen LogP contribution in [-0.4, -0.2) is 75.8 Å². The standard InChI is InChI=1S/C17H34N4O.HI/c1-18-17(21-13-8-16(14-21)15-22-2)19-9-7-12-20-10-5-3-4-6-11-20;/h16H,3-15H2,1-2H3,(H,18,19);1H. The molecular formula is C17H35IN4O. The average molecular weight is 438 g/mol. The molecule has 2 fully saturated rings. The molecule has 0 aromatic heterocycles. The number of guanidine groups is 1. The number of nitrogens with zero attached hydrogens (tertiary/aromatic N) is 3. The van der Waals surface area contributed by atoms with Crippen LogP contribution in [0.25, 0.3) is 0 Å². The summed E-state index contributed by atoms with van der Waals surface area (Å²) in [6, 6.07) is 0. The Balaban J connectivity index is 0.00000264. The Morgan fingerprint density at radius 2 is 1.91 bits per heavy atom. The summed E-state index contributed by atoms with van der Waals surface area (Å²) in [5.74, 6) is 1.72. The molecule has 0 radical (unpaired) electrons. The summed E-state index contributed by atoms with van der Waals surface area (Å²) in [6.45, 7) is 7.85. The van der Waals surface area contributed by atoms with Crippen LogP contribution >= 0.6 is 24.0 Å². The topological polar surface area (TPSA) is 40.1 Å². The number of hydrogen-bond donors (Lipinski definition) is 1. The number of hydrogen-bond acceptors (Lipinski definition) is 3. The molecule has 0 saturated carbocycles. The number of aliphatic imine (C=N–C) groups is 1. The molecule has 2 rings (SSSR count). The van der Waals surface area contributed by atoms with Crippen LogP contribution in [0.4, 0.5) is 0 Å². The normalized spacial score (nSPS) is 23.5. The molecule has 0 aliphatic carbocycles. The molecule has 0 spiro atoms. The number of methoxy groups -OCH3 is 1. The molecule has 2 heterocycles. The molecule has 5 nitrogen and oxygen atoms in total. The lowest BCUT2D eigenvalue weighted by molar-refractivity contribution is 0.157. The van der Waals surface area contributed by atoms with Gasteiger partial charge >= 0.3 is 0 Å². The van der Waals surface area contributed by atoms with Crippen molar-refractivity contribution in [3.63, 3.8) is 0 Å². The van der Waals surface area contributed by atoms with Crippen molar-refractivity contribution in [1.29, 1.82) is 0 Å². The smallest absolute Gasteiger partial charge is 0.193 e. The lowest BCUT2D eigenvalue weighted by Crippen LogP contribution is -2.41. The third-order valence-corrected chi connectivity index (χ3v) is 4.83. The van der Waals surface area contributed by atoms with E-state index < -0.39 is 0 Å². The van der Waals surface area contributed by atoms with E-state index in [4.69, 9.17) is 4.74 Å². The van der Waals surface area contributed by atoms with E-state index in [9.17, 15) is 0 Å². The third kappa shape index (κ3) is 7.56. The molecule has 23 heavy (non-hydrogen) atoms. The summed E-state index contributed by atoms with van der Waals surface area (Å²) in [5, 5.41) is 3.54. The first kappa shape index (κ1) is 21.0. The van der Waals surface area contributed by atoms with Crippen LogP contribution in [0.3, 0.4) is 0 Å². The molecule has 0 bridgehead atoms. The van der Waals surface area contributed by atoms with Gasteiger partial charge in [-0.05, 0) is 45.3 Å². The molecular weight excluding hydrogens is 403 g/mol. The molecule has 0 aromatic carbocycles. The highest BCUT2D eigenvalue weighted by Crippen LogP contribution is 2.16. The summed E-state index contributed by atoms with van der Waals surface area (Å²) < 4.78 is 5.27. The summed E-state index contributed by atoms with van der Waals surface area (Å²) in [6.07, 6.45) is 8.00. The van der Waals surface area contributed by atoms with Crippen LogP contribution in [0, 0.1) is 5.92 Å². The van der Waals surface area contributed by atoms with Crippen LogP contribution in [0.5, 0.6) is 0 Å². The molecule has 2 aliphatic heterocycles. The van der Waals surface area contributed by atoms with Crippen LogP contribution in [0.1, 0.15) is 38.5 Å². The lowest BCUT2D eigenvalue weighted by Gasteiger charge is -2.23. The maximum atomic E-state index is 5.27. The molecule has 1 N–H and O–H groups in total. The summed E-state index contributed by atoms with van der Waals surface area (Å²) in [5.41, 5.74) is 0. The maximum Gasteiger partial charge on any atom is 0.193 e. The van der Waals surface area contributed by atoms with Crippen molar-refractivity contribution in [2.45, 2.75) is 38.5 Å². The van der Waals surface area contributed by atoms with Crippen molar-refractivity contribution in [3.8, 4) is 0 Å². The lowest BCUT2D eigenvalue weighted by atomic mass is 10.1. The fourth-order valence-electron chi connectivity index (χ4n) is 3.59. The van der Waals surface area contributed by atoms with Gasteiger partial charge in [-0.1, -0.05) is 12.8 Å². The van der Waals surface area contributed by atoms with Crippen molar-refractivity contribution in [2.24, 2.45) is 10.9 Å². The van der Waals surface area contributed by atoms with E-state index in [2.05, 4.69) is 20.1 Å². The Bertz CT molecular complexity index is 333. The van der Waals surface area contributed by atoms with Crippen LogP contribution < -0.4 is 5.32 Å². The van der Waals surface area contributed by atoms with Crippen LogP contribution in [0.15, 0.2) is 4.99 Å². The fourth-order valence-corrected chi connectivity index (χ4v) is 3.59. The van der Waals surface area contributed by atoms with Gasteiger partial charge < -0.3 is 19.9 Å². The van der Waals surface area contributed by atoms with Gasteiger partial charge in [0.05, 0.1) is 6.61 Å². The van der Waals surface area contributed by atoms with Gasteiger partial charge in [-0.25, -0.2) is 0 Å². The van der Waals surface area contributed by atoms with E-state index in [0.29, 0.717) is 5.92 Å². The first-order valence-corrected chi connectivity index (χ1v) is 9.00. The Kier molecular flexibility index (Phi) is 11.2. The Labute approximate surface area is 159 Å². The van der Waals surface area contributed by atoms with Gasteiger partial charge in [-0.3, -0.25) is 4.99 Å². The van der Waals surface area contributed by atoms with Gasteiger partial charge in [0.2, 0.25) is 0 Å². The van der Waals surface area contributed by atoms with Crippen molar-refractivity contribution in [1.82, 2.24) is 15.1 Å². The summed E-state index contributed by atoms with van der Waals surface area (Å²) in [4.78, 5) is 9.44. The van der Waals surface area contributed by atoms with E-state index in [1.807, 2.05) is 7.05 Å². The van der Waals surface area contributed by atoms with Gasteiger partial charge in [-0.15, -0.1) is 24.0 Å². The van der Waals surface area contributed by atoms with Crippen molar-refractivity contribution in [3.05, 3.63) is 0 Å². The van der Waals surface area contributed by atoms with Gasteiger partial charge in [0.25, 0.3) is 0 Å². The van der Waals surface area contributed by atoms with Gasteiger partial charge in [-0.2, -0.15) is 0 Å². The molecule has 2 saturated heterocycles. The number of likely N-dealkylation sites (tertiary alicyclic amines) is 2. The second kappa shape index (κ2) is 12.3. The molecule has 0 aromatic rings. The first-order chi connectivity index (χ1) is 10.8. The SMILES string of the molecule is CN=C(NCCCN1CCCCCC1)N1CCC(COC)C1.I. The molecule has 6 heteroatoms. The largest absolute Gasteiger partial charge is 0.384 e. The number of rotatable bonds is 6. The third-order valence-electron chi connectivity index (χ3n) is 4.83. The van der Waals surface area contributed by atoms with Gasteiger partial charge in [0.1, 0.15) is 0 Å². The number of ether oxygens (including phenoxy) is 1. The maximum absolute atomic E-state index is 5.27. The zero-order chi connectivity index (χ0) is 15.6. The van der Waals surface area contributed by atoms with Crippen LogP contribution in [0.2, 0.25) is 0 Å². The Hall–Kier alpha value is -0.0800. The van der Waals surface area contributed by atoms with E-state index >= 15 is 0 Å². The quantitative estimate of drug-likeness (QED) is 0.299. The Morgan fingerprint density at radius 3 is 2.57 bits per heavy atom. The second-order valence-electron chi connectivity index (χ2n) is 6.64. The minimum atomic E-state index is 0. The molecule has 0 amide bonds. The minimum absolute atomic E-state index is 0. The van der Waals surface area contributed by atoms with Gasteiger partial charge in [0, 0.05) is 39.7 Å². The zero-order valence-corrected chi connectivity index (χ0v) is 17.3. The van der Waals surface area contributed by atoms with E-state index in [-0.39, 0.29) is 24.0 Å². The van der Waals surface area contributed by atoms with Crippen molar-refractivity contribution >= 4 is 29.9 Å². The fraction of sp³-hybridized carbons (Fsp3) is 0.941. The molecule has 1 atom stereocenters. The van der Waals surface area contributed by atoms with E-state index in [1.165, 1.54) is 58.2 Å². The van der Waals surface area contributed by atoms with E-state index in [0.717, 1.165) is 32.2 Å². The molecule has 1 unspecified atom stereocenters. The highest BCUT2D eigenvalue weighted by Gasteiger charge is 2.24. The number of nitrogens with one attached hydrogen (secondary N) is 1. The van der Waals surface area contributed by atoms with Crippen molar-refractivity contribution in [2.75, 3.05) is 60.0 Å². The second-order valence-corrected chi connectivity index (χ2v) is 6.64. The summed E-state index contributed by atoms with van der Waals surface area (Å²) in [7, 11) is 3.68. The Morgan fingerprint density at radius 1 is 1.17 bits per heavy atom. The highest BCUT2D eigenvalue weighted by molar-refractivity contribution is 14.0. The zero-order valence-electron chi connectivity index (χ0n) is 14.9. The van der Waals surface area contributed by atoms with Crippen LogP contribution in [-0.2, 0) is 4.74 Å². The summed E-state index contributed by atoms with van der Waals surface area (Å²) >= 11 is 0. The van der Waals surface area contributed by atoms with E-state index in [1.54, 1.807) is 7.11 Å².